The molecule has 0 aromatic heterocycles. The predicted molar refractivity (Wildman–Crippen MR) is 86.9 cm³/mol. The molecule has 21 heavy (non-hydrogen) atoms. The SMILES string of the molecule is NC(CNC(=O)C=Cc1ccc(Cl)cc1)c1ccccc1. The van der Waals surface area contributed by atoms with Gasteiger partial charge in [0.1, 0.15) is 0 Å². The molecule has 1 atom stereocenters. The first kappa shape index (κ1) is 15.3. The highest BCUT2D eigenvalue weighted by molar-refractivity contribution is 6.30. The standard InChI is InChI=1S/C17H17ClN2O/c18-15-9-6-13(7-10-15)8-11-17(21)20-12-16(19)14-4-2-1-3-5-14/h1-11,16H,12,19H2,(H,20,21). The molecule has 0 saturated heterocycles. The quantitative estimate of drug-likeness (QED) is 0.833. The van der Waals surface area contributed by atoms with E-state index < -0.39 is 0 Å². The molecule has 0 bridgehead atoms. The van der Waals surface area contributed by atoms with Crippen molar-refractivity contribution in [3.8, 4) is 0 Å². The minimum absolute atomic E-state index is 0.170. The fraction of sp³-hybridized carbons (Fsp3) is 0.118. The summed E-state index contributed by atoms with van der Waals surface area (Å²) in [5, 5.41) is 3.46. The average Bonchev–Trinajstić information content (AvgIpc) is 2.53. The fourth-order valence-electron chi connectivity index (χ4n) is 1.83. The molecule has 0 fully saturated rings. The van der Waals surface area contributed by atoms with E-state index >= 15 is 0 Å². The number of nitrogens with one attached hydrogen (secondary N) is 1. The van der Waals surface area contributed by atoms with E-state index in [4.69, 9.17) is 17.3 Å². The predicted octanol–water partition coefficient (Wildman–Crippen LogP) is 3.17. The van der Waals surface area contributed by atoms with Crippen LogP contribution in [-0.4, -0.2) is 12.5 Å². The smallest absolute Gasteiger partial charge is 0.244 e. The first-order chi connectivity index (χ1) is 10.1. The van der Waals surface area contributed by atoms with Crippen LogP contribution in [0.3, 0.4) is 0 Å². The number of carbonyl (C=O) groups excluding carboxylic acids is 1. The van der Waals surface area contributed by atoms with Crippen molar-refractivity contribution in [1.82, 2.24) is 5.32 Å². The summed E-state index contributed by atoms with van der Waals surface area (Å²) < 4.78 is 0. The van der Waals surface area contributed by atoms with Gasteiger partial charge in [-0.2, -0.15) is 0 Å². The molecule has 1 amide bonds. The molecule has 2 aromatic carbocycles. The first-order valence-electron chi connectivity index (χ1n) is 6.67. The van der Waals surface area contributed by atoms with Crippen LogP contribution < -0.4 is 11.1 Å². The summed E-state index contributed by atoms with van der Waals surface area (Å²) in [6, 6.07) is 16.7. The van der Waals surface area contributed by atoms with Crippen molar-refractivity contribution < 1.29 is 4.79 Å². The molecule has 4 heteroatoms. The normalized spacial score (nSPS) is 12.3. The zero-order valence-electron chi connectivity index (χ0n) is 11.5. The summed E-state index contributed by atoms with van der Waals surface area (Å²) in [7, 11) is 0. The molecule has 0 aliphatic rings. The molecule has 0 spiro atoms. The van der Waals surface area contributed by atoms with E-state index in [9.17, 15) is 4.79 Å². The van der Waals surface area contributed by atoms with Crippen molar-refractivity contribution in [3.63, 3.8) is 0 Å². The minimum Gasteiger partial charge on any atom is -0.351 e. The zero-order valence-corrected chi connectivity index (χ0v) is 12.3. The number of rotatable bonds is 5. The van der Waals surface area contributed by atoms with Gasteiger partial charge in [-0.1, -0.05) is 54.1 Å². The summed E-state index contributed by atoms with van der Waals surface area (Å²) in [6.07, 6.45) is 3.22. The topological polar surface area (TPSA) is 55.1 Å². The van der Waals surface area contributed by atoms with Gasteiger partial charge >= 0.3 is 0 Å². The highest BCUT2D eigenvalue weighted by Gasteiger charge is 2.05. The van der Waals surface area contributed by atoms with Crippen LogP contribution in [0.2, 0.25) is 5.02 Å². The first-order valence-corrected chi connectivity index (χ1v) is 7.05. The monoisotopic (exact) mass is 300 g/mol. The van der Waals surface area contributed by atoms with E-state index in [-0.39, 0.29) is 11.9 Å². The third-order valence-corrected chi connectivity index (χ3v) is 3.27. The molecule has 1 unspecified atom stereocenters. The van der Waals surface area contributed by atoms with E-state index in [0.29, 0.717) is 11.6 Å². The zero-order chi connectivity index (χ0) is 15.1. The minimum atomic E-state index is -0.209. The Morgan fingerprint density at radius 3 is 2.48 bits per heavy atom. The van der Waals surface area contributed by atoms with Crippen LogP contribution in [0.1, 0.15) is 17.2 Å². The Morgan fingerprint density at radius 1 is 1.14 bits per heavy atom. The lowest BCUT2D eigenvalue weighted by Crippen LogP contribution is -2.30. The second-order valence-electron chi connectivity index (χ2n) is 4.65. The molecule has 0 aliphatic heterocycles. The van der Waals surface area contributed by atoms with Gasteiger partial charge < -0.3 is 11.1 Å². The maximum absolute atomic E-state index is 11.7. The van der Waals surface area contributed by atoms with Gasteiger partial charge in [-0.15, -0.1) is 0 Å². The van der Waals surface area contributed by atoms with E-state index in [1.54, 1.807) is 18.2 Å². The number of benzene rings is 2. The third-order valence-electron chi connectivity index (χ3n) is 3.02. The molecule has 0 heterocycles. The Morgan fingerprint density at radius 2 is 1.81 bits per heavy atom. The molecular weight excluding hydrogens is 284 g/mol. The number of nitrogens with two attached hydrogens (primary N) is 1. The van der Waals surface area contributed by atoms with Gasteiger partial charge in [0.2, 0.25) is 5.91 Å². The summed E-state index contributed by atoms with van der Waals surface area (Å²) >= 11 is 5.80. The van der Waals surface area contributed by atoms with Gasteiger partial charge in [0, 0.05) is 23.7 Å². The third kappa shape index (κ3) is 5.06. The lowest BCUT2D eigenvalue weighted by molar-refractivity contribution is -0.116. The molecule has 3 N–H and O–H groups in total. The molecule has 2 aromatic rings. The van der Waals surface area contributed by atoms with Crippen molar-refractivity contribution in [2.24, 2.45) is 5.73 Å². The van der Waals surface area contributed by atoms with E-state index in [1.165, 1.54) is 6.08 Å². The second kappa shape index (κ2) is 7.62. The van der Waals surface area contributed by atoms with Crippen LogP contribution in [0.15, 0.2) is 60.7 Å². The number of amides is 1. The van der Waals surface area contributed by atoms with Crippen LogP contribution in [0.4, 0.5) is 0 Å². The Bertz CT molecular complexity index is 608. The molecule has 0 saturated carbocycles. The molecule has 108 valence electrons. The number of halogens is 1. The van der Waals surface area contributed by atoms with E-state index in [2.05, 4.69) is 5.32 Å². The van der Waals surface area contributed by atoms with Crippen molar-refractivity contribution in [2.45, 2.75) is 6.04 Å². The van der Waals surface area contributed by atoms with Gasteiger partial charge in [-0.05, 0) is 29.3 Å². The van der Waals surface area contributed by atoms with Gasteiger partial charge in [0.05, 0.1) is 0 Å². The molecule has 2 rings (SSSR count). The highest BCUT2D eigenvalue weighted by Crippen LogP contribution is 2.10. The summed E-state index contributed by atoms with van der Waals surface area (Å²) in [5.41, 5.74) is 7.93. The Kier molecular flexibility index (Phi) is 5.55. The van der Waals surface area contributed by atoms with Crippen LogP contribution in [0.25, 0.3) is 6.08 Å². The molecule has 0 radical (unpaired) electrons. The number of carbonyl (C=O) groups is 1. The van der Waals surface area contributed by atoms with Gasteiger partial charge in [-0.3, -0.25) is 4.79 Å². The second-order valence-corrected chi connectivity index (χ2v) is 5.08. The number of hydrogen-bond donors (Lipinski definition) is 2. The van der Waals surface area contributed by atoms with Gasteiger partial charge in [0.15, 0.2) is 0 Å². The molecular formula is C17H17ClN2O. The van der Waals surface area contributed by atoms with Crippen molar-refractivity contribution in [3.05, 3.63) is 76.8 Å². The Balaban J connectivity index is 1.83. The Hall–Kier alpha value is -2.10. The van der Waals surface area contributed by atoms with Crippen molar-refractivity contribution >= 4 is 23.6 Å². The number of hydrogen-bond acceptors (Lipinski definition) is 2. The Labute approximate surface area is 129 Å². The van der Waals surface area contributed by atoms with Crippen molar-refractivity contribution in [1.29, 1.82) is 0 Å². The van der Waals surface area contributed by atoms with Gasteiger partial charge in [0.25, 0.3) is 0 Å². The summed E-state index contributed by atoms with van der Waals surface area (Å²) in [4.78, 5) is 11.7. The van der Waals surface area contributed by atoms with Crippen LogP contribution >= 0.6 is 11.6 Å². The van der Waals surface area contributed by atoms with E-state index in [1.807, 2.05) is 42.5 Å². The largest absolute Gasteiger partial charge is 0.351 e. The highest BCUT2D eigenvalue weighted by atomic mass is 35.5. The van der Waals surface area contributed by atoms with Crippen molar-refractivity contribution in [2.75, 3.05) is 6.54 Å². The molecule has 0 aliphatic carbocycles. The van der Waals surface area contributed by atoms with Crippen LogP contribution in [-0.2, 0) is 4.79 Å². The summed E-state index contributed by atoms with van der Waals surface area (Å²) in [6.45, 7) is 0.397. The van der Waals surface area contributed by atoms with Crippen LogP contribution in [0.5, 0.6) is 0 Å². The maximum atomic E-state index is 11.7. The van der Waals surface area contributed by atoms with E-state index in [0.717, 1.165) is 11.1 Å². The maximum Gasteiger partial charge on any atom is 0.244 e. The van der Waals surface area contributed by atoms with Gasteiger partial charge in [-0.25, -0.2) is 0 Å². The lowest BCUT2D eigenvalue weighted by atomic mass is 10.1. The lowest BCUT2D eigenvalue weighted by Gasteiger charge is -2.12. The molecule has 3 nitrogen and oxygen atoms in total. The van der Waals surface area contributed by atoms with Crippen LogP contribution in [0, 0.1) is 0 Å². The fourth-order valence-corrected chi connectivity index (χ4v) is 1.96. The summed E-state index contributed by atoms with van der Waals surface area (Å²) in [5.74, 6) is -0.170. The average molecular weight is 301 g/mol.